The van der Waals surface area contributed by atoms with Gasteiger partial charge in [-0.3, -0.25) is 0 Å². The Morgan fingerprint density at radius 3 is 1.48 bits per heavy atom. The zero-order valence-corrected chi connectivity index (χ0v) is 13.3. The Balaban J connectivity index is 1.79. The zero-order chi connectivity index (χ0) is 15.1. The van der Waals surface area contributed by atoms with Gasteiger partial charge in [-0.25, -0.2) is 0 Å². The predicted octanol–water partition coefficient (Wildman–Crippen LogP) is 2.22. The molecule has 3 aromatic carbocycles. The molecule has 108 valence electrons. The van der Waals surface area contributed by atoms with Gasteiger partial charge in [0.1, 0.15) is 0 Å². The van der Waals surface area contributed by atoms with Crippen molar-refractivity contribution < 1.29 is 0 Å². The molecule has 0 radical (unpaired) electrons. The molecule has 1 heteroatoms. The molecule has 0 saturated heterocycles. The summed E-state index contributed by atoms with van der Waals surface area (Å²) in [5.41, 5.74) is 15.7. The normalized spacial score (nSPS) is 15.4. The lowest BCUT2D eigenvalue weighted by molar-refractivity contribution is 1.09. The van der Waals surface area contributed by atoms with Crippen molar-refractivity contribution in [3.63, 3.8) is 0 Å². The molecule has 0 spiro atoms. The lowest BCUT2D eigenvalue weighted by Crippen LogP contribution is -2.64. The first-order valence-corrected chi connectivity index (χ1v) is 8.63. The van der Waals surface area contributed by atoms with Crippen molar-refractivity contribution in [1.29, 1.82) is 0 Å². The van der Waals surface area contributed by atoms with Crippen molar-refractivity contribution in [2.24, 2.45) is 0 Å². The van der Waals surface area contributed by atoms with Gasteiger partial charge >= 0.3 is 0 Å². The van der Waals surface area contributed by atoms with E-state index in [4.69, 9.17) is 0 Å². The average molecular weight is 292 g/mol. The van der Waals surface area contributed by atoms with Gasteiger partial charge in [0.2, 0.25) is 6.71 Å². The van der Waals surface area contributed by atoms with Crippen molar-refractivity contribution >= 4 is 23.1 Å². The molecule has 0 fully saturated rings. The summed E-state index contributed by atoms with van der Waals surface area (Å²) >= 11 is 0. The summed E-state index contributed by atoms with van der Waals surface area (Å²) in [6.07, 6.45) is 3.34. The smallest absolute Gasteiger partial charge is 0.0617 e. The molecular weight excluding hydrogens is 275 g/mol. The maximum Gasteiger partial charge on any atom is 0.243 e. The molecule has 0 amide bonds. The molecule has 0 aliphatic carbocycles. The van der Waals surface area contributed by atoms with Gasteiger partial charge in [-0.1, -0.05) is 70.5 Å². The van der Waals surface area contributed by atoms with Crippen molar-refractivity contribution in [2.45, 2.75) is 26.2 Å². The zero-order valence-electron chi connectivity index (χ0n) is 13.3. The van der Waals surface area contributed by atoms with Crippen molar-refractivity contribution in [3.05, 3.63) is 87.5 Å². The topological polar surface area (TPSA) is 0 Å². The summed E-state index contributed by atoms with van der Waals surface area (Å²) in [4.78, 5) is 0. The van der Waals surface area contributed by atoms with Crippen LogP contribution in [0.3, 0.4) is 0 Å². The van der Waals surface area contributed by atoms with Crippen LogP contribution < -0.4 is 16.4 Å². The quantitative estimate of drug-likeness (QED) is 0.377. The Morgan fingerprint density at radius 2 is 1.00 bits per heavy atom. The fourth-order valence-corrected chi connectivity index (χ4v) is 5.36. The second-order valence-electron chi connectivity index (χ2n) is 7.44. The SMILES string of the molecule is Cc1cc2c3c(c1)Cc1cccc4c1B3c1c(cccc1C2)C4. The Kier molecular flexibility index (Phi) is 2.10. The predicted molar refractivity (Wildman–Crippen MR) is 97.1 cm³/mol. The van der Waals surface area contributed by atoms with E-state index in [1.807, 2.05) is 0 Å². The van der Waals surface area contributed by atoms with E-state index < -0.39 is 0 Å². The summed E-state index contributed by atoms with van der Waals surface area (Å²) in [5.74, 6) is 0. The Hall–Kier alpha value is -2.28. The van der Waals surface area contributed by atoms with Gasteiger partial charge in [0.15, 0.2) is 0 Å². The second kappa shape index (κ2) is 3.97. The maximum atomic E-state index is 2.43. The molecule has 3 aliphatic heterocycles. The molecular formula is C22H17B. The third-order valence-electron chi connectivity index (χ3n) is 6.08. The fraction of sp³-hybridized carbons (Fsp3) is 0.182. The van der Waals surface area contributed by atoms with Gasteiger partial charge in [-0.2, -0.15) is 0 Å². The summed E-state index contributed by atoms with van der Waals surface area (Å²) < 4.78 is 0. The van der Waals surface area contributed by atoms with Crippen LogP contribution >= 0.6 is 0 Å². The van der Waals surface area contributed by atoms with Crippen LogP contribution in [0, 0.1) is 6.92 Å². The standard InChI is InChI=1S/C22H17B/c1-13-8-18-11-16-6-2-4-14-10-15-5-3-7-17-12-19(9-13)22(18)23(20(14)16)21(15)17/h2-9H,10-12H2,1H3. The monoisotopic (exact) mass is 292 g/mol. The van der Waals surface area contributed by atoms with E-state index in [1.54, 1.807) is 49.8 Å². The molecule has 0 N–H and O–H groups in total. The lowest BCUT2D eigenvalue weighted by Gasteiger charge is -2.39. The Morgan fingerprint density at radius 1 is 0.609 bits per heavy atom. The number of aryl methyl sites for hydroxylation is 1. The minimum absolute atomic E-state index is 0.495. The molecule has 3 aliphatic rings. The molecule has 0 aromatic heterocycles. The van der Waals surface area contributed by atoms with Crippen LogP contribution in [-0.2, 0) is 19.3 Å². The third-order valence-corrected chi connectivity index (χ3v) is 6.08. The number of hydrogen-bond donors (Lipinski definition) is 0. The summed E-state index contributed by atoms with van der Waals surface area (Å²) in [6.45, 7) is 2.74. The van der Waals surface area contributed by atoms with Crippen LogP contribution in [0.5, 0.6) is 0 Å². The average Bonchev–Trinajstić information content (AvgIpc) is 2.54. The van der Waals surface area contributed by atoms with Crippen molar-refractivity contribution in [1.82, 2.24) is 0 Å². The lowest BCUT2D eigenvalue weighted by atomic mass is 9.28. The summed E-state index contributed by atoms with van der Waals surface area (Å²) in [6, 6.07) is 18.8. The highest BCUT2D eigenvalue weighted by Crippen LogP contribution is 2.28. The van der Waals surface area contributed by atoms with Crippen LogP contribution in [0.4, 0.5) is 0 Å². The highest BCUT2D eigenvalue weighted by molar-refractivity contribution is 6.98. The van der Waals surface area contributed by atoms with Gasteiger partial charge < -0.3 is 0 Å². The van der Waals surface area contributed by atoms with E-state index in [1.165, 1.54) is 5.56 Å². The van der Waals surface area contributed by atoms with E-state index in [0.29, 0.717) is 6.71 Å². The van der Waals surface area contributed by atoms with Gasteiger partial charge in [0.25, 0.3) is 0 Å². The van der Waals surface area contributed by atoms with Crippen LogP contribution in [-0.4, -0.2) is 6.71 Å². The van der Waals surface area contributed by atoms with Crippen LogP contribution in [0.2, 0.25) is 0 Å². The van der Waals surface area contributed by atoms with Crippen LogP contribution in [0.1, 0.15) is 38.9 Å². The molecule has 0 saturated carbocycles. The first-order valence-electron chi connectivity index (χ1n) is 8.63. The van der Waals surface area contributed by atoms with E-state index in [2.05, 4.69) is 55.5 Å². The van der Waals surface area contributed by atoms with Crippen LogP contribution in [0.25, 0.3) is 0 Å². The minimum atomic E-state index is 0.495. The van der Waals surface area contributed by atoms with Gasteiger partial charge in [0.05, 0.1) is 0 Å². The first kappa shape index (κ1) is 12.2. The van der Waals surface area contributed by atoms with E-state index >= 15 is 0 Å². The maximum absolute atomic E-state index is 2.43. The Labute approximate surface area is 137 Å². The van der Waals surface area contributed by atoms with E-state index in [-0.39, 0.29) is 0 Å². The highest BCUT2D eigenvalue weighted by atomic mass is 14.3. The largest absolute Gasteiger partial charge is 0.243 e. The number of rotatable bonds is 0. The van der Waals surface area contributed by atoms with Gasteiger partial charge in [-0.15, -0.1) is 0 Å². The summed E-state index contributed by atoms with van der Waals surface area (Å²) in [7, 11) is 0. The van der Waals surface area contributed by atoms with Gasteiger partial charge in [0, 0.05) is 0 Å². The summed E-state index contributed by atoms with van der Waals surface area (Å²) in [5, 5.41) is 0. The first-order chi connectivity index (χ1) is 11.3. The fourth-order valence-electron chi connectivity index (χ4n) is 5.36. The number of hydrogen-bond acceptors (Lipinski definition) is 0. The minimum Gasteiger partial charge on any atom is -0.0617 e. The van der Waals surface area contributed by atoms with E-state index in [0.717, 1.165) is 19.3 Å². The van der Waals surface area contributed by atoms with Crippen molar-refractivity contribution in [3.8, 4) is 0 Å². The molecule has 23 heavy (non-hydrogen) atoms. The Bertz CT molecular complexity index is 936. The van der Waals surface area contributed by atoms with E-state index in [9.17, 15) is 0 Å². The van der Waals surface area contributed by atoms with Gasteiger partial charge in [-0.05, 0) is 59.6 Å². The molecule has 0 bridgehead atoms. The molecule has 3 heterocycles. The molecule has 0 atom stereocenters. The number of benzene rings is 3. The third kappa shape index (κ3) is 1.43. The molecule has 0 nitrogen and oxygen atoms in total. The van der Waals surface area contributed by atoms with Crippen LogP contribution in [0.15, 0.2) is 48.5 Å². The molecule has 3 aromatic rings. The highest BCUT2D eigenvalue weighted by Gasteiger charge is 2.41. The molecule has 6 rings (SSSR count). The molecule has 0 unspecified atom stereocenters. The van der Waals surface area contributed by atoms with Crippen molar-refractivity contribution in [2.75, 3.05) is 0 Å². The second-order valence-corrected chi connectivity index (χ2v) is 7.44.